The Balaban J connectivity index is 2.49. The minimum absolute atomic E-state index is 0.134. The third-order valence-corrected chi connectivity index (χ3v) is 4.58. The predicted molar refractivity (Wildman–Crippen MR) is 87.2 cm³/mol. The highest BCUT2D eigenvalue weighted by Gasteiger charge is 2.66. The Morgan fingerprint density at radius 3 is 1.57 bits per heavy atom. The number of benzene rings is 2. The van der Waals surface area contributed by atoms with Crippen LogP contribution in [0.15, 0.2) is 60.7 Å². The Kier molecular flexibility index (Phi) is 6.09. The zero-order chi connectivity index (χ0) is 21.2. The lowest BCUT2D eigenvalue weighted by Gasteiger charge is -2.28. The topological polar surface area (TPSA) is 80.7 Å². The number of esters is 1. The van der Waals surface area contributed by atoms with Crippen LogP contribution in [0.4, 0.5) is 22.0 Å². The van der Waals surface area contributed by atoms with E-state index in [2.05, 4.69) is 4.74 Å². The summed E-state index contributed by atoms with van der Waals surface area (Å²) in [6.07, 6.45) is -10.4. The SMILES string of the molecule is O=C(OC(C(F)(F)F)C(F)(F)S(=O)(=O)O)C(c1ccccc1)c1ccccc1. The first-order valence-corrected chi connectivity index (χ1v) is 9.01. The van der Waals surface area contributed by atoms with Gasteiger partial charge in [0.25, 0.3) is 6.10 Å². The van der Waals surface area contributed by atoms with E-state index in [0.717, 1.165) is 0 Å². The van der Waals surface area contributed by atoms with E-state index in [0.29, 0.717) is 0 Å². The average Bonchev–Trinajstić information content (AvgIpc) is 2.59. The maximum atomic E-state index is 13.7. The van der Waals surface area contributed by atoms with E-state index in [9.17, 15) is 35.2 Å². The summed E-state index contributed by atoms with van der Waals surface area (Å²) in [6, 6.07) is 14.4. The van der Waals surface area contributed by atoms with E-state index in [1.165, 1.54) is 48.5 Å². The van der Waals surface area contributed by atoms with Crippen LogP contribution in [0, 0.1) is 0 Å². The van der Waals surface area contributed by atoms with Gasteiger partial charge in [0.1, 0.15) is 5.92 Å². The number of carbonyl (C=O) groups is 1. The standard InChI is InChI=1S/C17H13F5O5S/c18-16(19,20)15(17(21,22)28(24,25)26)27-14(23)13(11-7-3-1-4-8-11)12-9-5-2-6-10-12/h1-10,13,15H,(H,24,25,26). The third-order valence-electron chi connectivity index (χ3n) is 3.68. The molecule has 152 valence electrons. The molecule has 28 heavy (non-hydrogen) atoms. The highest BCUT2D eigenvalue weighted by molar-refractivity contribution is 7.86. The first kappa shape index (κ1) is 21.8. The third kappa shape index (κ3) is 4.65. The molecule has 2 rings (SSSR count). The van der Waals surface area contributed by atoms with Crippen molar-refractivity contribution in [2.75, 3.05) is 0 Å². The maximum Gasteiger partial charge on any atom is 0.432 e. The van der Waals surface area contributed by atoms with Crippen LogP contribution in [-0.2, 0) is 19.6 Å². The highest BCUT2D eigenvalue weighted by Crippen LogP contribution is 2.39. The Hall–Kier alpha value is -2.53. The summed E-state index contributed by atoms with van der Waals surface area (Å²) in [7, 11) is -6.52. The average molecular weight is 424 g/mol. The molecule has 0 spiro atoms. The molecule has 1 N–H and O–H groups in total. The van der Waals surface area contributed by atoms with Crippen LogP contribution >= 0.6 is 0 Å². The summed E-state index contributed by atoms with van der Waals surface area (Å²) in [4.78, 5) is 12.4. The minimum atomic E-state index is -6.52. The van der Waals surface area contributed by atoms with Crippen LogP contribution in [0.3, 0.4) is 0 Å². The number of alkyl halides is 5. The van der Waals surface area contributed by atoms with Crippen molar-refractivity contribution in [3.63, 3.8) is 0 Å². The van der Waals surface area contributed by atoms with E-state index < -0.39 is 39.5 Å². The van der Waals surface area contributed by atoms with Crippen molar-refractivity contribution >= 4 is 16.1 Å². The molecular formula is C17H13F5O5S. The summed E-state index contributed by atoms with van der Waals surface area (Å²) >= 11 is 0. The van der Waals surface area contributed by atoms with Gasteiger partial charge in [-0.15, -0.1) is 0 Å². The lowest BCUT2D eigenvalue weighted by molar-refractivity contribution is -0.259. The largest absolute Gasteiger partial charge is 0.444 e. The Bertz CT molecular complexity index is 874. The summed E-state index contributed by atoms with van der Waals surface area (Å²) in [6.45, 7) is 0. The quantitative estimate of drug-likeness (QED) is 0.434. The van der Waals surface area contributed by atoms with Crippen molar-refractivity contribution in [2.24, 2.45) is 0 Å². The monoisotopic (exact) mass is 424 g/mol. The van der Waals surface area contributed by atoms with Gasteiger partial charge in [-0.2, -0.15) is 30.4 Å². The number of halogens is 5. The first-order valence-electron chi connectivity index (χ1n) is 7.57. The van der Waals surface area contributed by atoms with Gasteiger partial charge in [0, 0.05) is 0 Å². The van der Waals surface area contributed by atoms with Gasteiger partial charge < -0.3 is 4.74 Å². The molecule has 0 radical (unpaired) electrons. The van der Waals surface area contributed by atoms with Crippen molar-refractivity contribution in [3.05, 3.63) is 71.8 Å². The fourth-order valence-corrected chi connectivity index (χ4v) is 2.85. The molecule has 2 aromatic rings. The molecule has 0 heterocycles. The number of ether oxygens (including phenoxy) is 1. The molecule has 0 fully saturated rings. The highest BCUT2D eigenvalue weighted by atomic mass is 32.2. The lowest BCUT2D eigenvalue weighted by Crippen LogP contribution is -2.52. The summed E-state index contributed by atoms with van der Waals surface area (Å²) < 4.78 is 100. The predicted octanol–water partition coefficient (Wildman–Crippen LogP) is 3.77. The molecule has 0 aliphatic carbocycles. The second kappa shape index (κ2) is 7.84. The number of hydrogen-bond donors (Lipinski definition) is 1. The Labute approximate surface area is 156 Å². The van der Waals surface area contributed by atoms with Crippen molar-refractivity contribution in [1.29, 1.82) is 0 Å². The second-order valence-corrected chi connectivity index (χ2v) is 7.14. The molecule has 0 saturated carbocycles. The van der Waals surface area contributed by atoms with Gasteiger partial charge in [-0.3, -0.25) is 9.35 Å². The number of rotatable bonds is 6. The van der Waals surface area contributed by atoms with Crippen LogP contribution < -0.4 is 0 Å². The van der Waals surface area contributed by atoms with Crippen molar-refractivity contribution < 1.29 is 44.5 Å². The maximum absolute atomic E-state index is 13.7. The molecule has 0 aliphatic rings. The molecule has 1 unspecified atom stereocenters. The van der Waals surface area contributed by atoms with Gasteiger partial charge in [-0.05, 0) is 11.1 Å². The van der Waals surface area contributed by atoms with E-state index >= 15 is 0 Å². The van der Waals surface area contributed by atoms with Crippen LogP contribution in [0.2, 0.25) is 0 Å². The molecule has 0 amide bonds. The van der Waals surface area contributed by atoms with Gasteiger partial charge in [0.15, 0.2) is 0 Å². The second-order valence-electron chi connectivity index (χ2n) is 5.65. The first-order chi connectivity index (χ1) is 12.9. The van der Waals surface area contributed by atoms with Gasteiger partial charge in [-0.25, -0.2) is 0 Å². The van der Waals surface area contributed by atoms with Crippen molar-refractivity contribution in [2.45, 2.75) is 23.5 Å². The minimum Gasteiger partial charge on any atom is -0.444 e. The molecule has 5 nitrogen and oxygen atoms in total. The summed E-state index contributed by atoms with van der Waals surface area (Å²) in [5.74, 6) is -3.30. The molecule has 0 saturated heterocycles. The fraction of sp³-hybridized carbons (Fsp3) is 0.235. The number of carbonyl (C=O) groups excluding carboxylic acids is 1. The smallest absolute Gasteiger partial charge is 0.432 e. The number of hydrogen-bond acceptors (Lipinski definition) is 4. The van der Waals surface area contributed by atoms with Crippen LogP contribution in [-0.4, -0.2) is 36.5 Å². The molecule has 2 aromatic carbocycles. The van der Waals surface area contributed by atoms with Crippen LogP contribution in [0.5, 0.6) is 0 Å². The van der Waals surface area contributed by atoms with Gasteiger partial charge in [-0.1, -0.05) is 60.7 Å². The van der Waals surface area contributed by atoms with E-state index in [-0.39, 0.29) is 11.1 Å². The Morgan fingerprint density at radius 2 is 1.25 bits per heavy atom. The zero-order valence-corrected chi connectivity index (χ0v) is 14.6. The van der Waals surface area contributed by atoms with Gasteiger partial charge >= 0.3 is 27.5 Å². The molecular weight excluding hydrogens is 411 g/mol. The molecule has 1 atom stereocenters. The van der Waals surface area contributed by atoms with E-state index in [4.69, 9.17) is 4.55 Å². The van der Waals surface area contributed by atoms with Gasteiger partial charge in [0.05, 0.1) is 0 Å². The molecule has 11 heteroatoms. The van der Waals surface area contributed by atoms with Crippen molar-refractivity contribution in [1.82, 2.24) is 0 Å². The normalized spacial score (nSPS) is 14.0. The zero-order valence-electron chi connectivity index (χ0n) is 13.8. The van der Waals surface area contributed by atoms with E-state index in [1.54, 1.807) is 12.1 Å². The summed E-state index contributed by atoms with van der Waals surface area (Å²) in [5, 5.41) is -5.79. The molecule has 0 aliphatic heterocycles. The fourth-order valence-electron chi connectivity index (χ4n) is 2.40. The van der Waals surface area contributed by atoms with Gasteiger partial charge in [0.2, 0.25) is 0 Å². The summed E-state index contributed by atoms with van der Waals surface area (Å²) in [5.41, 5.74) is 0.268. The molecule has 0 bridgehead atoms. The van der Waals surface area contributed by atoms with Crippen LogP contribution in [0.25, 0.3) is 0 Å². The molecule has 0 aromatic heterocycles. The van der Waals surface area contributed by atoms with Crippen LogP contribution in [0.1, 0.15) is 17.0 Å². The Morgan fingerprint density at radius 1 is 0.857 bits per heavy atom. The lowest BCUT2D eigenvalue weighted by atomic mass is 9.91. The van der Waals surface area contributed by atoms with E-state index in [1.807, 2.05) is 0 Å². The van der Waals surface area contributed by atoms with Crippen molar-refractivity contribution in [3.8, 4) is 0 Å².